The first kappa shape index (κ1) is 52.5. The Kier molecular flexibility index (Phi) is 71.9. The van der Waals surface area contributed by atoms with Gasteiger partial charge in [0.2, 0.25) is 0 Å². The van der Waals surface area contributed by atoms with Crippen LogP contribution in [0.3, 0.4) is 0 Å². The van der Waals surface area contributed by atoms with Gasteiger partial charge in [0.15, 0.2) is 0 Å². The molecule has 0 aromatic rings. The number of hydrogen-bond donors (Lipinski definition) is 0. The minimum Gasteiger partial charge on any atom is -0.822 e. The van der Waals surface area contributed by atoms with Crippen LogP contribution in [0.1, 0.15) is 0 Å². The fourth-order valence-corrected chi connectivity index (χ4v) is 0. The molecule has 0 aliphatic heterocycles. The fraction of sp³-hybridized carbons (Fsp3) is 0. The maximum absolute atomic E-state index is 8.55. The molecule has 0 bridgehead atoms. The zero-order chi connectivity index (χ0) is 9.00. The molecule has 6 N–H and O–H groups in total. The SMILES string of the molecule is O.O.O.O=P([O-])([O-])[O-].O=P([O-])([O-])[O-].[Mn].[Mn].[Mn]. The Hall–Kier alpha value is 1.66. The van der Waals surface area contributed by atoms with Crippen molar-refractivity contribution in [2.75, 3.05) is 0 Å². The summed E-state index contributed by atoms with van der Waals surface area (Å²) in [6.07, 6.45) is 0. The van der Waals surface area contributed by atoms with Crippen LogP contribution in [-0.2, 0) is 60.3 Å². The number of rotatable bonds is 0. The molecule has 0 aliphatic rings. The van der Waals surface area contributed by atoms with Gasteiger partial charge < -0.3 is 54.9 Å². The summed E-state index contributed by atoms with van der Waals surface area (Å²) >= 11 is 0. The first-order valence-corrected chi connectivity index (χ1v) is 4.38. The first-order chi connectivity index (χ1) is 4.00. The topological polar surface area (TPSA) is 267 Å². The molecule has 16 heteroatoms. The van der Waals surface area contributed by atoms with Crippen LogP contribution in [0, 0.1) is 0 Å². The summed E-state index contributed by atoms with van der Waals surface area (Å²) in [4.78, 5) is 51.3. The van der Waals surface area contributed by atoms with E-state index in [1.165, 1.54) is 0 Å². The van der Waals surface area contributed by atoms with Gasteiger partial charge in [-0.25, -0.2) is 0 Å². The first-order valence-electron chi connectivity index (χ1n) is 1.46. The van der Waals surface area contributed by atoms with Gasteiger partial charge in [-0.1, -0.05) is 0 Å². The van der Waals surface area contributed by atoms with Crippen molar-refractivity contribution >= 4 is 15.6 Å². The zero-order valence-electron chi connectivity index (χ0n) is 6.79. The van der Waals surface area contributed by atoms with Crippen molar-refractivity contribution in [2.24, 2.45) is 0 Å². The second kappa shape index (κ2) is 21.9. The van der Waals surface area contributed by atoms with Crippen LogP contribution in [0.4, 0.5) is 0 Å². The van der Waals surface area contributed by atoms with Gasteiger partial charge in [0.05, 0.1) is 0 Å². The van der Waals surface area contributed by atoms with Gasteiger partial charge in [-0.15, -0.1) is 0 Å². The average molecular weight is 409 g/mol. The molecule has 0 amide bonds. The van der Waals surface area contributed by atoms with Crippen molar-refractivity contribution in [3.05, 3.63) is 0 Å². The maximum atomic E-state index is 8.55. The Labute approximate surface area is 121 Å². The van der Waals surface area contributed by atoms with E-state index in [1.54, 1.807) is 0 Å². The van der Waals surface area contributed by atoms with Crippen molar-refractivity contribution in [1.29, 1.82) is 0 Å². The molecule has 0 rings (SSSR count). The van der Waals surface area contributed by atoms with Gasteiger partial charge in [-0.05, 0) is 0 Å². The molecule has 0 unspecified atom stereocenters. The molecule has 0 aliphatic carbocycles. The van der Waals surface area contributed by atoms with Gasteiger partial charge in [-0.2, -0.15) is 15.6 Å². The second-order valence-corrected chi connectivity index (χ2v) is 2.68. The Morgan fingerprint density at radius 2 is 0.500 bits per heavy atom. The molecular formula is H6Mn3O11P2-6. The van der Waals surface area contributed by atoms with Gasteiger partial charge in [0.1, 0.15) is 0 Å². The Balaban J connectivity index is -0.00000000970. The molecule has 0 aromatic carbocycles. The normalized spacial score (nSPS) is 7.38. The van der Waals surface area contributed by atoms with E-state index in [1.807, 2.05) is 0 Å². The van der Waals surface area contributed by atoms with Gasteiger partial charge in [0, 0.05) is 51.2 Å². The van der Waals surface area contributed by atoms with E-state index < -0.39 is 15.6 Å². The van der Waals surface area contributed by atoms with Crippen LogP contribution in [0.25, 0.3) is 0 Å². The molecule has 16 heavy (non-hydrogen) atoms. The summed E-state index contributed by atoms with van der Waals surface area (Å²) in [5, 5.41) is 0. The summed E-state index contributed by atoms with van der Waals surface area (Å²) in [5.74, 6) is 0. The molecule has 0 fully saturated rings. The Morgan fingerprint density at radius 3 is 0.500 bits per heavy atom. The zero-order valence-corrected chi connectivity index (χ0v) is 12.1. The summed E-state index contributed by atoms with van der Waals surface area (Å²) in [6, 6.07) is 0. The van der Waals surface area contributed by atoms with E-state index in [2.05, 4.69) is 0 Å². The van der Waals surface area contributed by atoms with Crippen molar-refractivity contribution < 1.29 is 106 Å². The number of hydrogen-bond acceptors (Lipinski definition) is 8. The summed E-state index contributed by atoms with van der Waals surface area (Å²) in [7, 11) is -10.8. The molecule has 0 heterocycles. The van der Waals surface area contributed by atoms with Crippen molar-refractivity contribution in [3.8, 4) is 0 Å². The van der Waals surface area contributed by atoms with E-state index in [0.717, 1.165) is 0 Å². The fourth-order valence-electron chi connectivity index (χ4n) is 0. The van der Waals surface area contributed by atoms with Crippen LogP contribution in [0.2, 0.25) is 0 Å². The minimum absolute atomic E-state index is 0. The second-order valence-electron chi connectivity index (χ2n) is 0.894. The molecule has 0 aromatic heterocycles. The van der Waals surface area contributed by atoms with Crippen LogP contribution < -0.4 is 29.4 Å². The van der Waals surface area contributed by atoms with Crippen LogP contribution in [-0.4, -0.2) is 16.4 Å². The largest absolute Gasteiger partial charge is 0.822 e. The van der Waals surface area contributed by atoms with Crippen molar-refractivity contribution in [3.63, 3.8) is 0 Å². The van der Waals surface area contributed by atoms with Crippen LogP contribution in [0.15, 0.2) is 0 Å². The third-order valence-corrected chi connectivity index (χ3v) is 0. The molecule has 3 radical (unpaired) electrons. The molecule has 0 saturated heterocycles. The Bertz CT molecular complexity index is 132. The number of phosphoric acid groups is 2. The van der Waals surface area contributed by atoms with Crippen LogP contribution in [0.5, 0.6) is 0 Å². The van der Waals surface area contributed by atoms with E-state index in [4.69, 9.17) is 38.5 Å². The van der Waals surface area contributed by atoms with E-state index >= 15 is 0 Å². The molecule has 0 atom stereocenters. The average Bonchev–Trinajstić information content (AvgIpc) is 1.12. The Morgan fingerprint density at radius 1 is 0.500 bits per heavy atom. The molecule has 109 valence electrons. The maximum Gasteiger partial charge on any atom is 0 e. The molecule has 11 nitrogen and oxygen atoms in total. The van der Waals surface area contributed by atoms with E-state index in [-0.39, 0.29) is 67.6 Å². The van der Waals surface area contributed by atoms with E-state index in [9.17, 15) is 0 Å². The smallest absolute Gasteiger partial charge is 0 e. The molecular weight excluding hydrogens is 403 g/mol. The summed E-state index contributed by atoms with van der Waals surface area (Å²) in [6.45, 7) is 0. The minimum atomic E-state index is -5.39. The quantitative estimate of drug-likeness (QED) is 0.273. The molecule has 0 saturated carbocycles. The van der Waals surface area contributed by atoms with Crippen molar-refractivity contribution in [1.82, 2.24) is 0 Å². The van der Waals surface area contributed by atoms with Crippen molar-refractivity contribution in [2.45, 2.75) is 0 Å². The predicted octanol–water partition coefficient (Wildman–Crippen LogP) is -8.13. The summed E-state index contributed by atoms with van der Waals surface area (Å²) < 4.78 is 17.1. The van der Waals surface area contributed by atoms with Gasteiger partial charge in [-0.3, -0.25) is 0 Å². The summed E-state index contributed by atoms with van der Waals surface area (Å²) in [5.41, 5.74) is 0. The van der Waals surface area contributed by atoms with Gasteiger partial charge in [0.25, 0.3) is 0 Å². The standard InChI is InChI=1S/3Mn.2H3O4P.3H2O/c;;;2*1-5(2,3)4;;;/h;;;2*(H3,1,2,3,4);3*1H2/p-6. The predicted molar refractivity (Wildman–Crippen MR) is 26.1 cm³/mol. The third-order valence-electron chi connectivity index (χ3n) is 0. The molecule has 0 spiro atoms. The van der Waals surface area contributed by atoms with E-state index in [0.29, 0.717) is 0 Å². The monoisotopic (exact) mass is 409 g/mol. The van der Waals surface area contributed by atoms with Crippen LogP contribution >= 0.6 is 15.6 Å². The third kappa shape index (κ3) is 1220. The van der Waals surface area contributed by atoms with Gasteiger partial charge >= 0.3 is 0 Å².